The van der Waals surface area contributed by atoms with Crippen LogP contribution >= 0.6 is 0 Å². The van der Waals surface area contributed by atoms with Gasteiger partial charge >= 0.3 is 0 Å². The van der Waals surface area contributed by atoms with E-state index in [1.807, 2.05) is 4.57 Å². The van der Waals surface area contributed by atoms with Gasteiger partial charge in [-0.3, -0.25) is 4.57 Å². The largest absolute Gasteiger partial charge is 0.347 e. The summed E-state index contributed by atoms with van der Waals surface area (Å²) in [6, 6.07) is 19.7. The predicted molar refractivity (Wildman–Crippen MR) is 121 cm³/mol. The second kappa shape index (κ2) is 8.84. The van der Waals surface area contributed by atoms with E-state index in [2.05, 4.69) is 80.5 Å². The van der Waals surface area contributed by atoms with E-state index in [1.54, 1.807) is 12.7 Å². The maximum atomic E-state index is 3.92. The van der Waals surface area contributed by atoms with Gasteiger partial charge in [0.25, 0.3) is 0 Å². The van der Waals surface area contributed by atoms with E-state index < -0.39 is 0 Å². The molecule has 3 heterocycles. The highest BCUT2D eigenvalue weighted by molar-refractivity contribution is 5.82. The summed E-state index contributed by atoms with van der Waals surface area (Å²) in [6.07, 6.45) is 10.8. The zero-order chi connectivity index (χ0) is 20.2. The number of likely N-dealkylation sites (tertiary alicyclic amines) is 1. The van der Waals surface area contributed by atoms with Gasteiger partial charge in [0.1, 0.15) is 12.7 Å². The fourth-order valence-electron chi connectivity index (χ4n) is 4.69. The summed E-state index contributed by atoms with van der Waals surface area (Å²) in [6.45, 7) is 4.71. The third kappa shape index (κ3) is 4.31. The van der Waals surface area contributed by atoms with Crippen LogP contribution in [0.25, 0.3) is 16.6 Å². The number of aryl methyl sites for hydroxylation is 1. The molecule has 0 bridgehead atoms. The van der Waals surface area contributed by atoms with Crippen LogP contribution in [-0.4, -0.2) is 43.9 Å². The van der Waals surface area contributed by atoms with Crippen molar-refractivity contribution >= 4 is 10.9 Å². The molecule has 0 spiro atoms. The lowest BCUT2D eigenvalue weighted by Crippen LogP contribution is -2.35. The van der Waals surface area contributed by atoms with Crippen molar-refractivity contribution in [2.24, 2.45) is 5.92 Å². The van der Waals surface area contributed by atoms with Crippen molar-refractivity contribution in [2.75, 3.05) is 19.6 Å². The molecular formula is C25H29N5. The second-order valence-corrected chi connectivity index (χ2v) is 8.45. The molecule has 1 fully saturated rings. The first-order valence-electron chi connectivity index (χ1n) is 11.1. The van der Waals surface area contributed by atoms with Gasteiger partial charge in [-0.1, -0.05) is 36.4 Å². The number of hydrogen-bond donors (Lipinski definition) is 0. The zero-order valence-electron chi connectivity index (χ0n) is 17.4. The van der Waals surface area contributed by atoms with Gasteiger partial charge in [0.05, 0.1) is 11.2 Å². The molecule has 4 aromatic rings. The average Bonchev–Trinajstić information content (AvgIpc) is 3.46. The van der Waals surface area contributed by atoms with Crippen molar-refractivity contribution in [1.29, 1.82) is 0 Å². The van der Waals surface area contributed by atoms with Gasteiger partial charge in [-0.2, -0.15) is 0 Å². The van der Waals surface area contributed by atoms with Crippen molar-refractivity contribution in [3.8, 4) is 5.69 Å². The Morgan fingerprint density at radius 3 is 2.47 bits per heavy atom. The van der Waals surface area contributed by atoms with Gasteiger partial charge in [0, 0.05) is 12.7 Å². The Bertz CT molecular complexity index is 1060. The highest BCUT2D eigenvalue weighted by atomic mass is 15.2. The van der Waals surface area contributed by atoms with Crippen molar-refractivity contribution in [3.05, 3.63) is 79.0 Å². The SMILES string of the molecule is c1ccc(CC2CCN(CCCn3ccc4ccc(-n5cnnc5)cc43)CC2)cc1. The van der Waals surface area contributed by atoms with Crippen LogP contribution in [-0.2, 0) is 13.0 Å². The van der Waals surface area contributed by atoms with Crippen molar-refractivity contribution in [3.63, 3.8) is 0 Å². The Labute approximate surface area is 178 Å². The molecule has 2 aromatic heterocycles. The van der Waals surface area contributed by atoms with E-state index in [0.29, 0.717) is 0 Å². The topological polar surface area (TPSA) is 38.9 Å². The number of rotatable bonds is 7. The molecule has 5 heteroatoms. The van der Waals surface area contributed by atoms with Crippen LogP contribution < -0.4 is 0 Å². The lowest BCUT2D eigenvalue weighted by Gasteiger charge is -2.32. The summed E-state index contributed by atoms with van der Waals surface area (Å²) >= 11 is 0. The Kier molecular flexibility index (Phi) is 5.62. The Morgan fingerprint density at radius 2 is 1.67 bits per heavy atom. The van der Waals surface area contributed by atoms with Crippen molar-refractivity contribution < 1.29 is 0 Å². The number of fused-ring (bicyclic) bond motifs is 1. The second-order valence-electron chi connectivity index (χ2n) is 8.45. The molecule has 5 rings (SSSR count). The predicted octanol–water partition coefficient (Wildman–Crippen LogP) is 4.57. The third-order valence-electron chi connectivity index (χ3n) is 6.42. The van der Waals surface area contributed by atoms with Gasteiger partial charge in [-0.05, 0) is 80.4 Å². The molecule has 0 saturated carbocycles. The molecule has 0 N–H and O–H groups in total. The van der Waals surface area contributed by atoms with Crippen molar-refractivity contribution in [2.45, 2.75) is 32.2 Å². The first kappa shape index (κ1) is 19.1. The average molecular weight is 400 g/mol. The maximum absolute atomic E-state index is 3.92. The monoisotopic (exact) mass is 399 g/mol. The van der Waals surface area contributed by atoms with Crippen LogP contribution in [0.15, 0.2) is 73.4 Å². The summed E-state index contributed by atoms with van der Waals surface area (Å²) in [4.78, 5) is 2.65. The van der Waals surface area contributed by atoms with Crippen molar-refractivity contribution in [1.82, 2.24) is 24.2 Å². The number of piperidine rings is 1. The fourth-order valence-corrected chi connectivity index (χ4v) is 4.69. The van der Waals surface area contributed by atoms with Gasteiger partial charge < -0.3 is 9.47 Å². The highest BCUT2D eigenvalue weighted by Crippen LogP contribution is 2.23. The van der Waals surface area contributed by atoms with E-state index in [9.17, 15) is 0 Å². The van der Waals surface area contributed by atoms with Crippen LogP contribution in [0.2, 0.25) is 0 Å². The van der Waals surface area contributed by atoms with Gasteiger partial charge in [-0.15, -0.1) is 10.2 Å². The standard InChI is InChI=1S/C25H29N5/c1-2-5-21(6-3-1)17-22-9-14-28(15-10-22)12-4-13-29-16-11-23-7-8-24(18-25(23)29)30-19-26-27-20-30/h1-3,5-8,11,16,18-20,22H,4,9-10,12-15,17H2. The number of benzene rings is 2. The first-order valence-corrected chi connectivity index (χ1v) is 11.1. The first-order chi connectivity index (χ1) is 14.8. The van der Waals surface area contributed by atoms with Gasteiger partial charge in [0.2, 0.25) is 0 Å². The minimum Gasteiger partial charge on any atom is -0.347 e. The maximum Gasteiger partial charge on any atom is 0.123 e. The molecule has 0 aliphatic carbocycles. The minimum atomic E-state index is 0.841. The molecule has 1 aliphatic rings. The van der Waals surface area contributed by atoms with E-state index in [4.69, 9.17) is 0 Å². The molecule has 154 valence electrons. The zero-order valence-corrected chi connectivity index (χ0v) is 17.4. The van der Waals surface area contributed by atoms with Gasteiger partial charge in [-0.25, -0.2) is 0 Å². The third-order valence-corrected chi connectivity index (χ3v) is 6.42. The van der Waals surface area contributed by atoms with Crippen LogP contribution in [0, 0.1) is 5.92 Å². The van der Waals surface area contributed by atoms with Gasteiger partial charge in [0.15, 0.2) is 0 Å². The Hall–Kier alpha value is -2.92. The molecule has 1 aliphatic heterocycles. The lowest BCUT2D eigenvalue weighted by atomic mass is 9.90. The summed E-state index contributed by atoms with van der Waals surface area (Å²) in [5.41, 5.74) is 3.87. The minimum absolute atomic E-state index is 0.841. The normalized spacial score (nSPS) is 15.7. The van der Waals surface area contributed by atoms with E-state index >= 15 is 0 Å². The van der Waals surface area contributed by atoms with Crippen LogP contribution in [0.3, 0.4) is 0 Å². The van der Waals surface area contributed by atoms with Crippen LogP contribution in [0.1, 0.15) is 24.8 Å². The molecule has 1 saturated heterocycles. The summed E-state index contributed by atoms with van der Waals surface area (Å²) in [7, 11) is 0. The Balaban J connectivity index is 1.13. The highest BCUT2D eigenvalue weighted by Gasteiger charge is 2.19. The molecule has 0 amide bonds. The Morgan fingerprint density at radius 1 is 0.867 bits per heavy atom. The summed E-state index contributed by atoms with van der Waals surface area (Å²) < 4.78 is 4.34. The molecule has 0 unspecified atom stereocenters. The lowest BCUT2D eigenvalue weighted by molar-refractivity contribution is 0.180. The summed E-state index contributed by atoms with van der Waals surface area (Å²) in [5.74, 6) is 0.841. The number of aromatic nitrogens is 4. The molecule has 0 atom stereocenters. The molecule has 5 nitrogen and oxygen atoms in total. The molecular weight excluding hydrogens is 370 g/mol. The summed E-state index contributed by atoms with van der Waals surface area (Å²) in [5, 5.41) is 9.12. The number of hydrogen-bond acceptors (Lipinski definition) is 3. The smallest absolute Gasteiger partial charge is 0.123 e. The van der Waals surface area contributed by atoms with Crippen LogP contribution in [0.4, 0.5) is 0 Å². The quantitative estimate of drug-likeness (QED) is 0.457. The molecule has 0 radical (unpaired) electrons. The molecule has 30 heavy (non-hydrogen) atoms. The van der Waals surface area contributed by atoms with Crippen LogP contribution in [0.5, 0.6) is 0 Å². The van der Waals surface area contributed by atoms with E-state index in [0.717, 1.165) is 18.2 Å². The van der Waals surface area contributed by atoms with E-state index in [-0.39, 0.29) is 0 Å². The molecule has 2 aromatic carbocycles. The van der Waals surface area contributed by atoms with E-state index in [1.165, 1.54) is 61.8 Å². The fraction of sp³-hybridized carbons (Fsp3) is 0.360. The number of nitrogens with zero attached hydrogens (tertiary/aromatic N) is 5.